The molecule has 1 aromatic carbocycles. The van der Waals surface area contributed by atoms with Crippen LogP contribution in [0.15, 0.2) is 24.3 Å². The molecule has 1 aromatic rings. The van der Waals surface area contributed by atoms with E-state index in [1.807, 2.05) is 0 Å². The Balaban J connectivity index is 2.18. The van der Waals surface area contributed by atoms with Crippen molar-refractivity contribution in [2.24, 2.45) is 0 Å². The Morgan fingerprint density at radius 2 is 1.48 bits per heavy atom. The predicted molar refractivity (Wildman–Crippen MR) is 143 cm³/mol. The number of benzene rings is 1. The van der Waals surface area contributed by atoms with Crippen LogP contribution in [0.2, 0.25) is 36.3 Å². The minimum atomic E-state index is -1.97. The summed E-state index contributed by atoms with van der Waals surface area (Å²) >= 11 is 0. The number of carbonyl (C=O) groups is 2. The second kappa shape index (κ2) is 10.2. The summed E-state index contributed by atoms with van der Waals surface area (Å²) in [5.41, 5.74) is 2.27. The van der Waals surface area contributed by atoms with E-state index >= 15 is 0 Å². The zero-order chi connectivity index (χ0) is 25.2. The largest absolute Gasteiger partial charge is 0.415 e. The molecule has 184 valence electrons. The number of hydrogen-bond donors (Lipinski definition) is 0. The summed E-state index contributed by atoms with van der Waals surface area (Å²) in [7, 11) is -3.65. The van der Waals surface area contributed by atoms with Crippen molar-refractivity contribution in [3.8, 4) is 0 Å². The molecule has 33 heavy (non-hydrogen) atoms. The van der Waals surface area contributed by atoms with E-state index in [-0.39, 0.29) is 35.4 Å². The highest BCUT2D eigenvalue weighted by molar-refractivity contribution is 6.74. The molecule has 1 saturated heterocycles. The van der Waals surface area contributed by atoms with E-state index in [0.29, 0.717) is 19.6 Å². The molecule has 0 unspecified atom stereocenters. The molecule has 0 saturated carbocycles. The highest BCUT2D eigenvalue weighted by atomic mass is 28.4. The minimum Gasteiger partial charge on any atom is -0.415 e. The Kier molecular flexibility index (Phi) is 8.64. The summed E-state index contributed by atoms with van der Waals surface area (Å²) in [6.07, 6.45) is 1.24. The highest BCUT2D eigenvalue weighted by Crippen LogP contribution is 2.40. The summed E-state index contributed by atoms with van der Waals surface area (Å²) in [4.78, 5) is 25.8. The van der Waals surface area contributed by atoms with E-state index < -0.39 is 16.6 Å². The molecular formula is C25H44BNO4Si2. The second-order valence-corrected chi connectivity index (χ2v) is 22.1. The first-order chi connectivity index (χ1) is 15.0. The van der Waals surface area contributed by atoms with E-state index in [0.717, 1.165) is 17.3 Å². The summed E-state index contributed by atoms with van der Waals surface area (Å²) in [5.74, 6) is 0.0545. The van der Waals surface area contributed by atoms with E-state index in [9.17, 15) is 9.59 Å². The molecule has 0 bridgehead atoms. The van der Waals surface area contributed by atoms with E-state index in [4.69, 9.17) is 8.85 Å². The standard InChI is InChI=1S/C25H44BNO4Si2/c1-24(2,3)32(7,8)30-16-19-11-13-20(14-12-19)21-15-23(29)27(26-18-28)22(21)17-31-33(9,10)25(4,5)6/h11-14,18,21-22,26H,15-17H2,1-10H3/t21-,22-/m1/s1. The molecule has 8 heteroatoms. The first-order valence-electron chi connectivity index (χ1n) is 12.1. The Hall–Kier alpha value is -1.22. The Bertz CT molecular complexity index is 828. The third-order valence-electron chi connectivity index (χ3n) is 8.09. The van der Waals surface area contributed by atoms with Gasteiger partial charge in [0.25, 0.3) is 0 Å². The fraction of sp³-hybridized carbons (Fsp3) is 0.680. The maximum atomic E-state index is 12.8. The molecule has 0 N–H and O–H groups in total. The van der Waals surface area contributed by atoms with E-state index in [1.54, 1.807) is 4.81 Å². The lowest BCUT2D eigenvalue weighted by Gasteiger charge is -2.38. The normalized spacial score (nSPS) is 20.3. The van der Waals surface area contributed by atoms with Gasteiger partial charge in [0, 0.05) is 18.4 Å². The van der Waals surface area contributed by atoms with Crippen LogP contribution in [-0.2, 0) is 25.0 Å². The van der Waals surface area contributed by atoms with Gasteiger partial charge in [-0.15, -0.1) is 0 Å². The fourth-order valence-electron chi connectivity index (χ4n) is 3.56. The van der Waals surface area contributed by atoms with Crippen molar-refractivity contribution in [2.75, 3.05) is 6.61 Å². The van der Waals surface area contributed by atoms with Crippen LogP contribution in [0.4, 0.5) is 0 Å². The van der Waals surface area contributed by atoms with Gasteiger partial charge in [-0.05, 0) is 47.4 Å². The Morgan fingerprint density at radius 3 is 1.97 bits per heavy atom. The summed E-state index contributed by atoms with van der Waals surface area (Å²) in [5, 5.41) is 0.267. The van der Waals surface area contributed by atoms with Crippen LogP contribution in [0.1, 0.15) is 65.0 Å². The molecule has 1 heterocycles. The first kappa shape index (κ1) is 28.0. The molecule has 2 atom stereocenters. The molecule has 2 rings (SSSR count). The third kappa shape index (κ3) is 6.68. The number of hydrogen-bond acceptors (Lipinski definition) is 4. The molecule has 0 aromatic heterocycles. The maximum absolute atomic E-state index is 12.8. The van der Waals surface area contributed by atoms with Gasteiger partial charge in [0.2, 0.25) is 5.91 Å². The van der Waals surface area contributed by atoms with Crippen LogP contribution >= 0.6 is 0 Å². The smallest absolute Gasteiger partial charge is 0.313 e. The molecule has 1 amide bonds. The summed E-state index contributed by atoms with van der Waals surface area (Å²) < 4.78 is 12.9. The average molecular weight is 490 g/mol. The van der Waals surface area contributed by atoms with Gasteiger partial charge in [-0.1, -0.05) is 65.8 Å². The summed E-state index contributed by atoms with van der Waals surface area (Å²) in [6.45, 7) is 23.4. The van der Waals surface area contributed by atoms with Crippen molar-refractivity contribution in [3.05, 3.63) is 35.4 Å². The van der Waals surface area contributed by atoms with Gasteiger partial charge in [0.15, 0.2) is 16.6 Å². The van der Waals surface area contributed by atoms with Crippen molar-refractivity contribution >= 4 is 36.1 Å². The molecular weight excluding hydrogens is 445 g/mol. The molecule has 0 spiro atoms. The van der Waals surface area contributed by atoms with Crippen molar-refractivity contribution in [3.63, 3.8) is 0 Å². The van der Waals surface area contributed by atoms with Crippen LogP contribution in [-0.4, -0.2) is 53.6 Å². The molecule has 1 aliphatic rings. The maximum Gasteiger partial charge on any atom is 0.313 e. The van der Waals surface area contributed by atoms with Crippen LogP contribution in [0.25, 0.3) is 0 Å². The van der Waals surface area contributed by atoms with Crippen LogP contribution in [0.3, 0.4) is 0 Å². The predicted octanol–water partition coefficient (Wildman–Crippen LogP) is 5.46. The lowest BCUT2D eigenvalue weighted by Crippen LogP contribution is -2.47. The van der Waals surface area contributed by atoms with Crippen LogP contribution in [0.5, 0.6) is 0 Å². The quantitative estimate of drug-likeness (QED) is 0.342. The fourth-order valence-corrected chi connectivity index (χ4v) is 5.54. The lowest BCUT2D eigenvalue weighted by atomic mass is 9.88. The average Bonchev–Trinajstić information content (AvgIpc) is 2.99. The van der Waals surface area contributed by atoms with Crippen molar-refractivity contribution in [2.45, 2.75) is 103 Å². The van der Waals surface area contributed by atoms with Crippen molar-refractivity contribution in [1.29, 1.82) is 0 Å². The lowest BCUT2D eigenvalue weighted by molar-refractivity contribution is -0.124. The summed E-state index contributed by atoms with van der Waals surface area (Å²) in [6, 6.07) is 8.34. The Labute approximate surface area is 204 Å². The van der Waals surface area contributed by atoms with Crippen LogP contribution in [0, 0.1) is 0 Å². The number of amides is 1. The monoisotopic (exact) mass is 489 g/mol. The van der Waals surface area contributed by atoms with Gasteiger partial charge in [-0.2, -0.15) is 0 Å². The molecule has 1 fully saturated rings. The zero-order valence-corrected chi connectivity index (χ0v) is 24.5. The van der Waals surface area contributed by atoms with Gasteiger partial charge in [0.05, 0.1) is 13.2 Å². The minimum absolute atomic E-state index is 0.0255. The third-order valence-corrected chi connectivity index (χ3v) is 17.1. The van der Waals surface area contributed by atoms with E-state index in [1.165, 1.54) is 0 Å². The number of rotatable bonds is 9. The van der Waals surface area contributed by atoms with Crippen molar-refractivity contribution in [1.82, 2.24) is 4.81 Å². The van der Waals surface area contributed by atoms with Gasteiger partial charge in [-0.3, -0.25) is 4.79 Å². The number of carbonyl (C=O) groups excluding carboxylic acids is 2. The van der Waals surface area contributed by atoms with Crippen LogP contribution < -0.4 is 0 Å². The highest BCUT2D eigenvalue weighted by Gasteiger charge is 2.43. The van der Waals surface area contributed by atoms with Gasteiger partial charge < -0.3 is 18.5 Å². The van der Waals surface area contributed by atoms with Gasteiger partial charge in [0.1, 0.15) is 6.19 Å². The van der Waals surface area contributed by atoms with Gasteiger partial charge in [-0.25, -0.2) is 0 Å². The molecule has 0 aliphatic carbocycles. The Morgan fingerprint density at radius 1 is 0.970 bits per heavy atom. The SMILES string of the molecule is CC(C)(C)[Si](C)(C)OCc1ccc([C@H]2CC(=O)N(BC=O)[C@@H]2CO[Si](C)(C)C(C)(C)C)cc1. The molecule has 5 nitrogen and oxygen atoms in total. The zero-order valence-electron chi connectivity index (χ0n) is 22.5. The van der Waals surface area contributed by atoms with Gasteiger partial charge >= 0.3 is 7.41 Å². The molecule has 0 radical (unpaired) electrons. The first-order valence-corrected chi connectivity index (χ1v) is 17.9. The number of nitrogens with zero attached hydrogens (tertiary/aromatic N) is 1. The molecule has 1 aliphatic heterocycles. The topological polar surface area (TPSA) is 55.8 Å². The van der Waals surface area contributed by atoms with Crippen molar-refractivity contribution < 1.29 is 18.4 Å². The second-order valence-electron chi connectivity index (χ2n) is 12.5. The van der Waals surface area contributed by atoms with E-state index in [2.05, 4.69) is 92.0 Å².